The van der Waals surface area contributed by atoms with Crippen LogP contribution < -0.4 is 10.6 Å². The molecule has 2 amide bonds. The molecule has 0 aliphatic heterocycles. The zero-order chi connectivity index (χ0) is 21.1. The molecule has 3 aromatic heterocycles. The minimum absolute atomic E-state index is 0.128. The summed E-state index contributed by atoms with van der Waals surface area (Å²) in [6.07, 6.45) is 2.85. The lowest BCUT2D eigenvalue weighted by atomic mass is 10.3. The van der Waals surface area contributed by atoms with Crippen LogP contribution in [-0.4, -0.2) is 36.3 Å². The summed E-state index contributed by atoms with van der Waals surface area (Å²) in [7, 11) is 1.57. The number of aryl methyl sites for hydroxylation is 2. The molecule has 0 aromatic carbocycles. The molecule has 0 aliphatic carbocycles. The highest BCUT2D eigenvalue weighted by molar-refractivity contribution is 6.02. The summed E-state index contributed by atoms with van der Waals surface area (Å²) in [5, 5.41) is 24.4. The zero-order valence-corrected chi connectivity index (χ0v) is 16.0. The van der Waals surface area contributed by atoms with Gasteiger partial charge in [-0.25, -0.2) is 0 Å². The fraction of sp³-hybridized carbons (Fsp3) is 0.294. The Kier molecular flexibility index (Phi) is 5.43. The van der Waals surface area contributed by atoms with Crippen LogP contribution in [0.5, 0.6) is 0 Å². The average Bonchev–Trinajstić information content (AvgIpc) is 3.34. The van der Waals surface area contributed by atoms with Gasteiger partial charge in [0.1, 0.15) is 29.4 Å². The first-order chi connectivity index (χ1) is 13.8. The van der Waals surface area contributed by atoms with Crippen LogP contribution in [-0.2, 0) is 24.9 Å². The number of amides is 2. The molecule has 12 nitrogen and oxygen atoms in total. The van der Waals surface area contributed by atoms with Gasteiger partial charge in [0.2, 0.25) is 5.91 Å². The number of nitrogens with zero attached hydrogens (tertiary/aromatic N) is 5. The zero-order valence-electron chi connectivity index (χ0n) is 16.0. The third-order valence-electron chi connectivity index (χ3n) is 4.25. The Balaban J connectivity index is 1.71. The van der Waals surface area contributed by atoms with Gasteiger partial charge in [0.25, 0.3) is 5.91 Å². The monoisotopic (exact) mass is 401 g/mol. The molecular weight excluding hydrogens is 382 g/mol. The van der Waals surface area contributed by atoms with Crippen molar-refractivity contribution in [2.24, 2.45) is 7.05 Å². The normalized spacial score (nSPS) is 10.7. The maximum atomic E-state index is 12.5. The van der Waals surface area contributed by atoms with Crippen molar-refractivity contribution < 1.29 is 18.9 Å². The molecule has 0 spiro atoms. The molecule has 3 rings (SSSR count). The number of aromatic nitrogens is 4. The maximum absolute atomic E-state index is 12.5. The van der Waals surface area contributed by atoms with E-state index in [1.165, 1.54) is 35.7 Å². The number of nitrogens with one attached hydrogen (secondary N) is 2. The molecule has 0 saturated heterocycles. The number of furan rings is 1. The lowest BCUT2D eigenvalue weighted by Crippen LogP contribution is -2.27. The van der Waals surface area contributed by atoms with E-state index in [4.69, 9.17) is 4.42 Å². The van der Waals surface area contributed by atoms with Gasteiger partial charge in [-0.2, -0.15) is 10.2 Å². The largest absolute Gasteiger partial charge is 0.467 e. The van der Waals surface area contributed by atoms with Crippen molar-refractivity contribution in [3.8, 4) is 0 Å². The van der Waals surface area contributed by atoms with E-state index in [9.17, 15) is 19.7 Å². The van der Waals surface area contributed by atoms with E-state index in [0.29, 0.717) is 5.76 Å². The molecule has 29 heavy (non-hydrogen) atoms. The van der Waals surface area contributed by atoms with Crippen molar-refractivity contribution in [2.75, 3.05) is 5.32 Å². The molecule has 0 saturated carbocycles. The van der Waals surface area contributed by atoms with Gasteiger partial charge in [0.15, 0.2) is 0 Å². The molecule has 12 heteroatoms. The topological polar surface area (TPSA) is 150 Å². The lowest BCUT2D eigenvalue weighted by molar-refractivity contribution is -0.386. The third-order valence-corrected chi connectivity index (χ3v) is 4.25. The van der Waals surface area contributed by atoms with Crippen molar-refractivity contribution in [1.29, 1.82) is 0 Å². The highest BCUT2D eigenvalue weighted by Gasteiger charge is 2.24. The van der Waals surface area contributed by atoms with E-state index in [0.717, 1.165) is 0 Å². The molecule has 0 unspecified atom stereocenters. The summed E-state index contributed by atoms with van der Waals surface area (Å²) in [6.45, 7) is 2.95. The van der Waals surface area contributed by atoms with Gasteiger partial charge in [0, 0.05) is 7.05 Å². The molecule has 0 atom stereocenters. The van der Waals surface area contributed by atoms with Crippen LogP contribution in [0.25, 0.3) is 0 Å². The highest BCUT2D eigenvalue weighted by atomic mass is 16.6. The first kappa shape index (κ1) is 19.8. The molecule has 0 bridgehead atoms. The number of rotatable bonds is 7. The summed E-state index contributed by atoms with van der Waals surface area (Å²) < 4.78 is 7.75. The Labute approximate surface area is 164 Å². The first-order valence-corrected chi connectivity index (χ1v) is 8.58. The predicted molar refractivity (Wildman–Crippen MR) is 100 cm³/mol. The van der Waals surface area contributed by atoms with Crippen molar-refractivity contribution >= 4 is 23.2 Å². The number of anilines is 1. The lowest BCUT2D eigenvalue weighted by Gasteiger charge is -2.09. The van der Waals surface area contributed by atoms with E-state index >= 15 is 0 Å². The van der Waals surface area contributed by atoms with Gasteiger partial charge in [0.05, 0.1) is 29.6 Å². The molecule has 0 fully saturated rings. The SMILES string of the molecule is Cc1nn(CC(=O)Nc2cnn(C)c2C(=O)NCc2ccco2)c(C)c1[N+](=O)[O-]. The number of carbonyl (C=O) groups excluding carboxylic acids is 2. The van der Waals surface area contributed by atoms with E-state index in [-0.39, 0.29) is 41.5 Å². The van der Waals surface area contributed by atoms with Gasteiger partial charge in [-0.05, 0) is 26.0 Å². The van der Waals surface area contributed by atoms with Crippen molar-refractivity contribution in [1.82, 2.24) is 24.9 Å². The molecule has 0 radical (unpaired) electrons. The van der Waals surface area contributed by atoms with Gasteiger partial charge in [-0.15, -0.1) is 0 Å². The third kappa shape index (κ3) is 4.15. The van der Waals surface area contributed by atoms with Crippen LogP contribution in [0.3, 0.4) is 0 Å². The molecule has 0 aliphatic rings. The van der Waals surface area contributed by atoms with Gasteiger partial charge >= 0.3 is 5.69 Å². The summed E-state index contributed by atoms with van der Waals surface area (Å²) in [4.78, 5) is 35.5. The maximum Gasteiger partial charge on any atom is 0.312 e. The van der Waals surface area contributed by atoms with Crippen LogP contribution in [0.15, 0.2) is 29.0 Å². The quantitative estimate of drug-likeness (QED) is 0.447. The minimum Gasteiger partial charge on any atom is -0.467 e. The molecule has 152 valence electrons. The average molecular weight is 401 g/mol. The van der Waals surface area contributed by atoms with Crippen molar-refractivity contribution in [3.05, 3.63) is 57.5 Å². The van der Waals surface area contributed by atoms with Crippen molar-refractivity contribution in [2.45, 2.75) is 26.9 Å². The van der Waals surface area contributed by atoms with E-state index < -0.39 is 16.7 Å². The van der Waals surface area contributed by atoms with Gasteiger partial charge in [-0.1, -0.05) is 0 Å². The van der Waals surface area contributed by atoms with Crippen LogP contribution >= 0.6 is 0 Å². The second kappa shape index (κ2) is 7.96. The Morgan fingerprint density at radius 2 is 2.10 bits per heavy atom. The highest BCUT2D eigenvalue weighted by Crippen LogP contribution is 2.22. The standard InChI is InChI=1S/C17H19N7O5/c1-10-15(24(27)28)11(2)23(21-10)9-14(25)20-13-8-19-22(3)16(13)17(26)18-7-12-5-4-6-29-12/h4-6,8H,7,9H2,1-3H3,(H,18,26)(H,20,25). The van der Waals surface area contributed by atoms with Gasteiger partial charge < -0.3 is 15.1 Å². The summed E-state index contributed by atoms with van der Waals surface area (Å²) >= 11 is 0. The van der Waals surface area contributed by atoms with Crippen molar-refractivity contribution in [3.63, 3.8) is 0 Å². The molecule has 2 N–H and O–H groups in total. The fourth-order valence-corrected chi connectivity index (χ4v) is 2.89. The van der Waals surface area contributed by atoms with Crippen LogP contribution in [0.1, 0.15) is 27.6 Å². The number of hydrogen-bond donors (Lipinski definition) is 2. The van der Waals surface area contributed by atoms with Crippen LogP contribution in [0, 0.1) is 24.0 Å². The fourth-order valence-electron chi connectivity index (χ4n) is 2.89. The molecule has 3 aromatic rings. The number of carbonyl (C=O) groups is 2. The Morgan fingerprint density at radius 3 is 2.72 bits per heavy atom. The van der Waals surface area contributed by atoms with Crippen LogP contribution in [0.2, 0.25) is 0 Å². The molecule has 3 heterocycles. The Hall–Kier alpha value is -3.96. The smallest absolute Gasteiger partial charge is 0.312 e. The number of hydrogen-bond acceptors (Lipinski definition) is 7. The summed E-state index contributed by atoms with van der Waals surface area (Å²) in [6, 6.07) is 3.43. The second-order valence-electron chi connectivity index (χ2n) is 6.27. The van der Waals surface area contributed by atoms with E-state index in [1.54, 1.807) is 19.2 Å². The summed E-state index contributed by atoms with van der Waals surface area (Å²) in [5.74, 6) is -0.366. The van der Waals surface area contributed by atoms with E-state index in [1.807, 2.05) is 0 Å². The Bertz CT molecular complexity index is 1060. The van der Waals surface area contributed by atoms with Gasteiger partial charge in [-0.3, -0.25) is 29.1 Å². The Morgan fingerprint density at radius 1 is 1.34 bits per heavy atom. The second-order valence-corrected chi connectivity index (χ2v) is 6.27. The number of nitro groups is 1. The first-order valence-electron chi connectivity index (χ1n) is 8.58. The molecular formula is C17H19N7O5. The van der Waals surface area contributed by atoms with Crippen LogP contribution in [0.4, 0.5) is 11.4 Å². The van der Waals surface area contributed by atoms with E-state index in [2.05, 4.69) is 20.8 Å². The minimum atomic E-state index is -0.533. The summed E-state index contributed by atoms with van der Waals surface area (Å²) in [5.41, 5.74) is 0.733. The predicted octanol–water partition coefficient (Wildman–Crippen LogP) is 1.30.